The number of carbonyl (C=O) groups excluding carboxylic acids is 1. The first-order valence-electron chi connectivity index (χ1n) is 7.78. The normalized spacial score (nSPS) is 17.0. The minimum absolute atomic E-state index is 0.0187. The molecule has 1 saturated carbocycles. The number of nitrogens with two attached hydrogens (primary N) is 1. The van der Waals surface area contributed by atoms with E-state index in [4.69, 9.17) is 0 Å². The van der Waals surface area contributed by atoms with E-state index in [-0.39, 0.29) is 11.9 Å². The fourth-order valence-corrected chi connectivity index (χ4v) is 2.86. The van der Waals surface area contributed by atoms with Gasteiger partial charge in [-0.1, -0.05) is 43.3 Å². The maximum absolute atomic E-state index is 12.5. The molecule has 0 aromatic heterocycles. The largest absolute Gasteiger partial charge is 0.330 e. The first-order chi connectivity index (χ1) is 10.2. The van der Waals surface area contributed by atoms with Crippen molar-refractivity contribution in [3.05, 3.63) is 48.2 Å². The van der Waals surface area contributed by atoms with Crippen LogP contribution in [0.5, 0.6) is 0 Å². The number of carbonyl (C=O) groups is 1. The van der Waals surface area contributed by atoms with Crippen LogP contribution in [-0.2, 0) is 4.79 Å². The van der Waals surface area contributed by atoms with Gasteiger partial charge in [-0.05, 0) is 32.6 Å². The van der Waals surface area contributed by atoms with Crippen LogP contribution in [0.4, 0.5) is 0 Å². The summed E-state index contributed by atoms with van der Waals surface area (Å²) in [6, 6.07) is 10.3. The molecule has 4 heteroatoms. The van der Waals surface area contributed by atoms with Crippen LogP contribution in [0.1, 0.15) is 50.6 Å². The average molecular weight is 288 g/mol. The van der Waals surface area contributed by atoms with E-state index >= 15 is 0 Å². The molecule has 0 saturated heterocycles. The van der Waals surface area contributed by atoms with Crippen molar-refractivity contribution in [1.82, 2.24) is 10.9 Å². The first kappa shape index (κ1) is 15.6. The molecule has 1 aromatic rings. The molecular formula is C17H26N3O+. The fraction of sp³-hybridized carbons (Fsp3) is 0.471. The smallest absolute Gasteiger partial charge is 0.301 e. The third-order valence-corrected chi connectivity index (χ3v) is 3.95. The van der Waals surface area contributed by atoms with E-state index < -0.39 is 0 Å². The van der Waals surface area contributed by atoms with Gasteiger partial charge in [0.05, 0.1) is 6.04 Å². The molecule has 1 aliphatic carbocycles. The highest BCUT2D eigenvalue weighted by molar-refractivity contribution is 5.81. The Balaban J connectivity index is 2.06. The highest BCUT2D eigenvalue weighted by Gasteiger charge is 2.28. The lowest BCUT2D eigenvalue weighted by Gasteiger charge is -2.25. The molecule has 1 aromatic carbocycles. The standard InChI is InChI=1S/C17H25N3O/c1-13(2)19-20-17(21)16(14-9-5-3-6-10-14)18-15-11-7-4-8-12-15/h3,5-6,9-10,15-16,18-19H,1,4,7-8,11-12H2,2H3,(H,20,21)/p+1/t16-/m0/s1. The monoisotopic (exact) mass is 288 g/mol. The Bertz CT molecular complexity index is 466. The van der Waals surface area contributed by atoms with Crippen LogP contribution >= 0.6 is 0 Å². The van der Waals surface area contributed by atoms with Crippen molar-refractivity contribution < 1.29 is 10.1 Å². The Morgan fingerprint density at radius 2 is 1.86 bits per heavy atom. The lowest BCUT2D eigenvalue weighted by Crippen LogP contribution is -2.93. The summed E-state index contributed by atoms with van der Waals surface area (Å²) in [5.74, 6) is -0.0187. The Morgan fingerprint density at radius 3 is 2.48 bits per heavy atom. The Kier molecular flexibility index (Phi) is 5.81. The Morgan fingerprint density at radius 1 is 1.19 bits per heavy atom. The van der Waals surface area contributed by atoms with Crippen LogP contribution in [0, 0.1) is 0 Å². The second kappa shape index (κ2) is 7.84. The van der Waals surface area contributed by atoms with Crippen molar-refractivity contribution in [3.8, 4) is 0 Å². The molecule has 0 radical (unpaired) electrons. The molecule has 1 fully saturated rings. The van der Waals surface area contributed by atoms with Gasteiger partial charge in [-0.15, -0.1) is 0 Å². The van der Waals surface area contributed by atoms with Gasteiger partial charge in [-0.25, -0.2) is 0 Å². The maximum Gasteiger partial charge on any atom is 0.301 e. The van der Waals surface area contributed by atoms with E-state index in [0.717, 1.165) is 11.3 Å². The van der Waals surface area contributed by atoms with Crippen LogP contribution in [0.25, 0.3) is 0 Å². The topological polar surface area (TPSA) is 57.7 Å². The van der Waals surface area contributed by atoms with Gasteiger partial charge in [0.2, 0.25) is 0 Å². The maximum atomic E-state index is 12.5. The lowest BCUT2D eigenvalue weighted by molar-refractivity contribution is -0.718. The van der Waals surface area contributed by atoms with Crippen LogP contribution in [-0.4, -0.2) is 11.9 Å². The van der Waals surface area contributed by atoms with Gasteiger partial charge in [-0.3, -0.25) is 10.2 Å². The number of quaternary nitrogens is 1. The summed E-state index contributed by atoms with van der Waals surface area (Å²) >= 11 is 0. The summed E-state index contributed by atoms with van der Waals surface area (Å²) in [6.45, 7) is 5.56. The molecule has 4 N–H and O–H groups in total. The lowest BCUT2D eigenvalue weighted by atomic mass is 9.94. The summed E-state index contributed by atoms with van der Waals surface area (Å²) in [4.78, 5) is 12.5. The van der Waals surface area contributed by atoms with E-state index in [1.807, 2.05) is 37.3 Å². The second-order valence-corrected chi connectivity index (χ2v) is 5.87. The molecule has 114 valence electrons. The summed E-state index contributed by atoms with van der Waals surface area (Å²) in [5, 5.41) is 2.23. The number of hydrogen-bond acceptors (Lipinski definition) is 2. The van der Waals surface area contributed by atoms with Gasteiger partial charge in [0.15, 0.2) is 6.04 Å². The fourth-order valence-electron chi connectivity index (χ4n) is 2.86. The SMILES string of the molecule is C=C(C)NNC(=O)[C@@H]([NH2+]C1CCCCC1)c1ccccc1. The second-order valence-electron chi connectivity index (χ2n) is 5.87. The minimum Gasteiger partial charge on any atom is -0.330 e. The van der Waals surface area contributed by atoms with Gasteiger partial charge in [0.25, 0.3) is 0 Å². The summed E-state index contributed by atoms with van der Waals surface area (Å²) in [7, 11) is 0. The zero-order valence-corrected chi connectivity index (χ0v) is 12.8. The van der Waals surface area contributed by atoms with Gasteiger partial charge < -0.3 is 10.7 Å². The quantitative estimate of drug-likeness (QED) is 0.699. The molecule has 1 amide bonds. The van der Waals surface area contributed by atoms with Crippen molar-refractivity contribution in [2.45, 2.75) is 51.1 Å². The number of nitrogens with one attached hydrogen (secondary N) is 2. The van der Waals surface area contributed by atoms with Crippen LogP contribution in [0.3, 0.4) is 0 Å². The van der Waals surface area contributed by atoms with Gasteiger partial charge in [-0.2, -0.15) is 0 Å². The van der Waals surface area contributed by atoms with E-state index in [1.165, 1.54) is 32.1 Å². The van der Waals surface area contributed by atoms with Crippen molar-refractivity contribution in [1.29, 1.82) is 0 Å². The predicted octanol–water partition coefficient (Wildman–Crippen LogP) is 1.78. The number of rotatable bonds is 6. The molecule has 21 heavy (non-hydrogen) atoms. The van der Waals surface area contributed by atoms with E-state index in [1.54, 1.807) is 0 Å². The summed E-state index contributed by atoms with van der Waals surface area (Å²) in [6.07, 6.45) is 6.27. The van der Waals surface area contributed by atoms with Crippen molar-refractivity contribution in [3.63, 3.8) is 0 Å². The molecule has 0 heterocycles. The zero-order valence-electron chi connectivity index (χ0n) is 12.8. The molecule has 0 bridgehead atoms. The van der Waals surface area contributed by atoms with Crippen molar-refractivity contribution >= 4 is 5.91 Å². The van der Waals surface area contributed by atoms with E-state index in [0.29, 0.717) is 6.04 Å². The number of amides is 1. The molecule has 0 spiro atoms. The first-order valence-corrected chi connectivity index (χ1v) is 7.78. The number of allylic oxidation sites excluding steroid dienone is 1. The summed E-state index contributed by atoms with van der Waals surface area (Å²) in [5.41, 5.74) is 7.34. The molecule has 1 aliphatic rings. The molecule has 4 nitrogen and oxygen atoms in total. The predicted molar refractivity (Wildman–Crippen MR) is 84.1 cm³/mol. The molecular weight excluding hydrogens is 262 g/mol. The van der Waals surface area contributed by atoms with Gasteiger partial charge in [0, 0.05) is 11.3 Å². The highest BCUT2D eigenvalue weighted by Crippen LogP contribution is 2.17. The van der Waals surface area contributed by atoms with Crippen LogP contribution in [0.15, 0.2) is 42.6 Å². The van der Waals surface area contributed by atoms with Crippen LogP contribution in [0.2, 0.25) is 0 Å². The van der Waals surface area contributed by atoms with Gasteiger partial charge >= 0.3 is 5.91 Å². The number of hydrazine groups is 1. The highest BCUT2D eigenvalue weighted by atomic mass is 16.2. The average Bonchev–Trinajstić information content (AvgIpc) is 2.52. The number of benzene rings is 1. The Labute approximate surface area is 127 Å². The van der Waals surface area contributed by atoms with E-state index in [9.17, 15) is 4.79 Å². The zero-order chi connectivity index (χ0) is 15.1. The molecule has 1 atom stereocenters. The van der Waals surface area contributed by atoms with Crippen molar-refractivity contribution in [2.24, 2.45) is 0 Å². The number of hydrogen-bond donors (Lipinski definition) is 3. The van der Waals surface area contributed by atoms with Crippen molar-refractivity contribution in [2.75, 3.05) is 0 Å². The molecule has 2 rings (SSSR count). The molecule has 0 unspecified atom stereocenters. The Hall–Kier alpha value is -1.81. The minimum atomic E-state index is -0.207. The third-order valence-electron chi connectivity index (χ3n) is 3.95. The van der Waals surface area contributed by atoms with E-state index in [2.05, 4.69) is 22.7 Å². The summed E-state index contributed by atoms with van der Waals surface area (Å²) < 4.78 is 0. The third kappa shape index (κ3) is 4.90. The molecule has 0 aliphatic heterocycles. The van der Waals surface area contributed by atoms with Gasteiger partial charge in [0.1, 0.15) is 0 Å². The van der Waals surface area contributed by atoms with Crippen LogP contribution < -0.4 is 16.2 Å².